The fourth-order valence-electron chi connectivity index (χ4n) is 8.21. The van der Waals surface area contributed by atoms with Crippen LogP contribution in [0.4, 0.5) is 0 Å². The first-order valence-corrected chi connectivity index (χ1v) is 32.2. The number of nitrogens with one attached hydrogen (secondary N) is 1. The van der Waals surface area contributed by atoms with E-state index in [1.54, 1.807) is 0 Å². The zero-order chi connectivity index (χ0) is 55.7. The van der Waals surface area contributed by atoms with Crippen molar-refractivity contribution in [1.82, 2.24) is 5.32 Å². The van der Waals surface area contributed by atoms with Gasteiger partial charge in [0.1, 0.15) is 19.3 Å². The number of carbonyl (C=O) groups is 2. The van der Waals surface area contributed by atoms with Crippen molar-refractivity contribution in [3.8, 4) is 0 Å². The number of carbonyl (C=O) groups excluding carboxylic acids is 2. The molecule has 3 unspecified atom stereocenters. The van der Waals surface area contributed by atoms with Gasteiger partial charge in [-0.3, -0.25) is 18.6 Å². The summed E-state index contributed by atoms with van der Waals surface area (Å²) >= 11 is 0. The Labute approximate surface area is 468 Å². The molecule has 0 spiro atoms. The standard InChI is InChI=1S/C66H115N2O7P/c1-7-10-13-16-19-22-25-28-30-32-33-34-35-36-38-41-44-47-50-53-56-59-66(70)75-64(57-54-51-48-45-42-39-27-24-21-18-15-12-9-3)63(62-74-76(71,72)73-61-60-68(4,5)6)67-65(69)58-55-52-49-46-43-40-37-31-29-26-23-20-17-14-11-8-2/h11,14,19-20,22-23,28-31,33-34,36,38,40,43,54,57,63-64H,7-10,12-13,15-18,21,24-27,32,35,37,39,41-42,44-53,55-56,58-62H2,1-6H3,(H-,67,69,71,72)/p+1/b14-11+,22-19-,23-20+,30-28-,31-29+,34-33-,38-36-,43-40+,57-54+. The average Bonchev–Trinajstić information content (AvgIpc) is 3.38. The minimum Gasteiger partial charge on any atom is -0.456 e. The fraction of sp³-hybridized carbons (Fsp3) is 0.697. The first-order valence-electron chi connectivity index (χ1n) is 30.7. The third kappa shape index (κ3) is 55.4. The van der Waals surface area contributed by atoms with Crippen LogP contribution in [0.2, 0.25) is 0 Å². The van der Waals surface area contributed by atoms with E-state index < -0.39 is 20.0 Å². The summed E-state index contributed by atoms with van der Waals surface area (Å²) in [6.07, 6.45) is 75.1. The lowest BCUT2D eigenvalue weighted by molar-refractivity contribution is -0.870. The molecule has 0 saturated heterocycles. The van der Waals surface area contributed by atoms with Crippen molar-refractivity contribution in [1.29, 1.82) is 0 Å². The highest BCUT2D eigenvalue weighted by Crippen LogP contribution is 2.43. The summed E-state index contributed by atoms with van der Waals surface area (Å²) in [6, 6.07) is -0.880. The molecule has 0 saturated carbocycles. The highest BCUT2D eigenvalue weighted by atomic mass is 31.2. The maximum Gasteiger partial charge on any atom is 0.472 e. The van der Waals surface area contributed by atoms with Crippen molar-refractivity contribution in [2.75, 3.05) is 40.9 Å². The lowest BCUT2D eigenvalue weighted by Gasteiger charge is -2.27. The molecule has 0 aromatic rings. The molecule has 0 aliphatic carbocycles. The Morgan fingerprint density at radius 3 is 1.30 bits per heavy atom. The summed E-state index contributed by atoms with van der Waals surface area (Å²) < 4.78 is 30.7. The van der Waals surface area contributed by atoms with Crippen molar-refractivity contribution in [2.45, 2.75) is 258 Å². The lowest BCUT2D eigenvalue weighted by Crippen LogP contribution is -2.47. The molecule has 0 rings (SSSR count). The third-order valence-electron chi connectivity index (χ3n) is 12.9. The minimum atomic E-state index is -4.47. The van der Waals surface area contributed by atoms with E-state index in [9.17, 15) is 19.0 Å². The summed E-state index contributed by atoms with van der Waals surface area (Å²) in [5, 5.41) is 3.03. The van der Waals surface area contributed by atoms with Gasteiger partial charge < -0.3 is 19.4 Å². The van der Waals surface area contributed by atoms with Crippen molar-refractivity contribution in [3.05, 3.63) is 109 Å². The van der Waals surface area contributed by atoms with E-state index in [0.717, 1.165) is 116 Å². The van der Waals surface area contributed by atoms with Gasteiger partial charge >= 0.3 is 13.8 Å². The number of hydrogen-bond acceptors (Lipinski definition) is 6. The van der Waals surface area contributed by atoms with Gasteiger partial charge in [-0.05, 0) is 115 Å². The number of quaternary nitrogens is 1. The lowest BCUT2D eigenvalue weighted by atomic mass is 10.0. The van der Waals surface area contributed by atoms with E-state index in [0.29, 0.717) is 23.9 Å². The van der Waals surface area contributed by atoms with Crippen LogP contribution in [-0.4, -0.2) is 74.3 Å². The summed E-state index contributed by atoms with van der Waals surface area (Å²) in [7, 11) is 1.45. The number of rotatable bonds is 54. The molecule has 2 N–H and O–H groups in total. The number of phosphoric acid groups is 1. The fourth-order valence-corrected chi connectivity index (χ4v) is 8.94. The molecular weight excluding hydrogens is 964 g/mol. The number of amides is 1. The van der Waals surface area contributed by atoms with Gasteiger partial charge in [-0.1, -0.05) is 227 Å². The quantitative estimate of drug-likeness (QED) is 0.0205. The second kappa shape index (κ2) is 55.0. The van der Waals surface area contributed by atoms with Gasteiger partial charge in [0.25, 0.3) is 0 Å². The van der Waals surface area contributed by atoms with Gasteiger partial charge in [0, 0.05) is 12.8 Å². The molecule has 0 bridgehead atoms. The van der Waals surface area contributed by atoms with Crippen LogP contribution in [0.15, 0.2) is 109 Å². The van der Waals surface area contributed by atoms with Crippen LogP contribution < -0.4 is 5.32 Å². The smallest absolute Gasteiger partial charge is 0.456 e. The van der Waals surface area contributed by atoms with E-state index in [-0.39, 0.29) is 37.9 Å². The topological polar surface area (TPSA) is 111 Å². The van der Waals surface area contributed by atoms with Crippen molar-refractivity contribution in [3.63, 3.8) is 0 Å². The number of ether oxygens (including phenoxy) is 1. The molecule has 1 amide bonds. The highest BCUT2D eigenvalue weighted by Gasteiger charge is 2.30. The average molecular weight is 1080 g/mol. The van der Waals surface area contributed by atoms with E-state index >= 15 is 0 Å². The number of unbranched alkanes of at least 4 members (excludes halogenated alkanes) is 22. The minimum absolute atomic E-state index is 0.0248. The van der Waals surface area contributed by atoms with Gasteiger partial charge in [0.05, 0.1) is 33.8 Å². The van der Waals surface area contributed by atoms with Gasteiger partial charge in [-0.25, -0.2) is 4.57 Å². The molecule has 9 nitrogen and oxygen atoms in total. The van der Waals surface area contributed by atoms with Gasteiger partial charge in [-0.2, -0.15) is 0 Å². The summed E-state index contributed by atoms with van der Waals surface area (Å²) in [5.74, 6) is -0.568. The predicted octanol–water partition coefficient (Wildman–Crippen LogP) is 18.9. The van der Waals surface area contributed by atoms with Crippen LogP contribution in [0.5, 0.6) is 0 Å². The van der Waals surface area contributed by atoms with Crippen molar-refractivity contribution >= 4 is 19.7 Å². The molecule has 3 atom stereocenters. The Kier molecular flexibility index (Phi) is 52.6. The van der Waals surface area contributed by atoms with Gasteiger partial charge in [0.15, 0.2) is 0 Å². The second-order valence-corrected chi connectivity index (χ2v) is 22.9. The Hall–Kier alpha value is -3.33. The van der Waals surface area contributed by atoms with Crippen molar-refractivity contribution < 1.29 is 37.3 Å². The first-order chi connectivity index (χ1) is 36.9. The summed E-state index contributed by atoms with van der Waals surface area (Å²) in [6.45, 7) is 6.82. The molecule has 0 aliphatic rings. The number of phosphoric ester groups is 1. The maximum atomic E-state index is 13.5. The number of nitrogens with zero attached hydrogens (tertiary/aromatic N) is 1. The van der Waals surface area contributed by atoms with E-state index in [4.69, 9.17) is 13.8 Å². The molecule has 436 valence electrons. The number of likely N-dealkylation sites (N-methyl/N-ethyl adjacent to an activating group) is 1. The Morgan fingerprint density at radius 1 is 0.474 bits per heavy atom. The largest absolute Gasteiger partial charge is 0.472 e. The molecular formula is C66H116N2O7P+. The van der Waals surface area contributed by atoms with Crippen molar-refractivity contribution in [2.24, 2.45) is 0 Å². The van der Waals surface area contributed by atoms with Gasteiger partial charge in [-0.15, -0.1) is 0 Å². The zero-order valence-electron chi connectivity index (χ0n) is 49.7. The molecule has 0 aromatic heterocycles. The maximum absolute atomic E-state index is 13.5. The normalized spacial score (nSPS) is 14.5. The van der Waals surface area contributed by atoms with Crippen LogP contribution in [-0.2, 0) is 27.9 Å². The Balaban J connectivity index is 5.39. The van der Waals surface area contributed by atoms with Crippen LogP contribution in [0.25, 0.3) is 0 Å². The van der Waals surface area contributed by atoms with E-state index in [1.165, 1.54) is 83.5 Å². The number of allylic oxidation sites excluding steroid dienone is 17. The molecule has 0 fully saturated rings. The van der Waals surface area contributed by atoms with Crippen LogP contribution >= 0.6 is 7.82 Å². The molecule has 0 aromatic carbocycles. The Bertz CT molecular complexity index is 1670. The molecule has 0 radical (unpaired) electrons. The number of esters is 1. The molecule has 0 aliphatic heterocycles. The monoisotopic (exact) mass is 1080 g/mol. The zero-order valence-corrected chi connectivity index (χ0v) is 50.6. The van der Waals surface area contributed by atoms with E-state index in [1.807, 2.05) is 33.3 Å². The highest BCUT2D eigenvalue weighted by molar-refractivity contribution is 7.47. The van der Waals surface area contributed by atoms with E-state index in [2.05, 4.69) is 123 Å². The molecule has 76 heavy (non-hydrogen) atoms. The first kappa shape index (κ1) is 72.7. The van der Waals surface area contributed by atoms with Crippen LogP contribution in [0, 0.1) is 0 Å². The van der Waals surface area contributed by atoms with Crippen LogP contribution in [0.3, 0.4) is 0 Å². The second-order valence-electron chi connectivity index (χ2n) is 21.5. The summed E-state index contributed by atoms with van der Waals surface area (Å²) in [5.41, 5.74) is 0. The predicted molar refractivity (Wildman–Crippen MR) is 327 cm³/mol. The van der Waals surface area contributed by atoms with Crippen LogP contribution in [0.1, 0.15) is 245 Å². The SMILES string of the molecule is CC/C=C/C/C=C/C/C=C/C/C=C/CCCCCC(=O)NC(COP(=O)(O)OCC[N+](C)(C)C)C(/C=C/CCCCCCCCCCCCC)OC(=O)CCCCCCC/C=C\C/C=C\C/C=C\C/C=C\CCCCC. The molecule has 10 heteroatoms. The molecule has 0 heterocycles. The Morgan fingerprint density at radius 2 is 0.842 bits per heavy atom. The third-order valence-corrected chi connectivity index (χ3v) is 13.9. The van der Waals surface area contributed by atoms with Gasteiger partial charge in [0.2, 0.25) is 5.91 Å². The summed E-state index contributed by atoms with van der Waals surface area (Å²) in [4.78, 5) is 37.7. The number of hydrogen-bond donors (Lipinski definition) is 2.